The molecule has 7 nitrogen and oxygen atoms in total. The Kier molecular flexibility index (Phi) is 5.80. The lowest BCUT2D eigenvalue weighted by Crippen LogP contribution is -2.39. The zero-order chi connectivity index (χ0) is 24.9. The highest BCUT2D eigenvalue weighted by molar-refractivity contribution is 6.35. The quantitative estimate of drug-likeness (QED) is 0.376. The third-order valence-corrected chi connectivity index (χ3v) is 6.43. The van der Waals surface area contributed by atoms with Gasteiger partial charge in [-0.1, -0.05) is 52.7 Å². The number of benzene rings is 2. The molecule has 180 valence electrons. The molecule has 3 heterocycles. The fourth-order valence-corrected chi connectivity index (χ4v) is 4.81. The highest BCUT2D eigenvalue weighted by Gasteiger charge is 2.44. The van der Waals surface area contributed by atoms with Gasteiger partial charge in [-0.05, 0) is 34.9 Å². The van der Waals surface area contributed by atoms with Gasteiger partial charge in [0.05, 0.1) is 16.9 Å². The van der Waals surface area contributed by atoms with Gasteiger partial charge in [-0.25, -0.2) is 4.68 Å². The van der Waals surface area contributed by atoms with E-state index in [9.17, 15) is 18.0 Å². The van der Waals surface area contributed by atoms with E-state index in [0.717, 1.165) is 16.7 Å². The minimum Gasteiger partial charge on any atom is -0.332 e. The molecule has 0 N–H and O–H groups in total. The Morgan fingerprint density at radius 3 is 2.60 bits per heavy atom. The molecular weight excluding hydrogens is 504 g/mol. The molecule has 0 spiro atoms. The van der Waals surface area contributed by atoms with Crippen LogP contribution in [-0.2, 0) is 19.8 Å². The van der Waals surface area contributed by atoms with Gasteiger partial charge in [0.2, 0.25) is 0 Å². The molecule has 0 bridgehead atoms. The molecule has 0 saturated carbocycles. The maximum absolute atomic E-state index is 14.2. The number of alkyl halides is 3. The smallest absolute Gasteiger partial charge is 0.332 e. The van der Waals surface area contributed by atoms with E-state index >= 15 is 0 Å². The number of carbonyl (C=O) groups excluding carboxylic acids is 1. The van der Waals surface area contributed by atoms with Gasteiger partial charge < -0.3 is 4.90 Å². The van der Waals surface area contributed by atoms with Crippen LogP contribution >= 0.6 is 23.2 Å². The molecule has 0 saturated heterocycles. The van der Waals surface area contributed by atoms with Gasteiger partial charge in [0, 0.05) is 37.3 Å². The van der Waals surface area contributed by atoms with Gasteiger partial charge in [-0.15, -0.1) is 5.10 Å². The molecule has 12 heteroatoms. The van der Waals surface area contributed by atoms with E-state index in [1.807, 2.05) is 30.5 Å². The number of rotatable bonds is 3. The van der Waals surface area contributed by atoms with Crippen molar-refractivity contribution in [3.8, 4) is 5.69 Å². The van der Waals surface area contributed by atoms with Crippen LogP contribution in [0.3, 0.4) is 0 Å². The fraction of sp³-hybridized carbons (Fsp3) is 0.217. The molecule has 0 fully saturated rings. The van der Waals surface area contributed by atoms with Gasteiger partial charge >= 0.3 is 6.18 Å². The zero-order valence-corrected chi connectivity index (χ0v) is 19.7. The van der Waals surface area contributed by atoms with Crippen molar-refractivity contribution in [1.29, 1.82) is 0 Å². The Bertz CT molecular complexity index is 1430. The molecule has 1 atom stereocenters. The summed E-state index contributed by atoms with van der Waals surface area (Å²) in [5.74, 6) is -1.13. The first-order chi connectivity index (χ1) is 16.6. The summed E-state index contributed by atoms with van der Waals surface area (Å²) in [4.78, 5) is 14.8. The number of aryl methyl sites for hydroxylation is 1. The maximum Gasteiger partial charge on any atom is 0.435 e. The van der Waals surface area contributed by atoms with Gasteiger partial charge in [0.15, 0.2) is 11.4 Å². The third kappa shape index (κ3) is 4.28. The second-order valence-electron chi connectivity index (χ2n) is 8.18. The first-order valence-corrected chi connectivity index (χ1v) is 11.2. The Labute approximate surface area is 207 Å². The number of hydrogen-bond donors (Lipinski definition) is 0. The third-order valence-electron chi connectivity index (χ3n) is 5.89. The van der Waals surface area contributed by atoms with E-state index < -0.39 is 23.5 Å². The summed E-state index contributed by atoms with van der Waals surface area (Å²) in [6.45, 7) is 0.297. The van der Waals surface area contributed by atoms with Crippen LogP contribution in [0.25, 0.3) is 5.69 Å². The van der Waals surface area contributed by atoms with Crippen molar-refractivity contribution in [2.24, 2.45) is 7.05 Å². The van der Waals surface area contributed by atoms with E-state index in [2.05, 4.69) is 15.4 Å². The molecule has 1 aliphatic heterocycles. The van der Waals surface area contributed by atoms with Crippen molar-refractivity contribution in [3.63, 3.8) is 0 Å². The highest BCUT2D eigenvalue weighted by Crippen LogP contribution is 2.37. The van der Waals surface area contributed by atoms with Crippen molar-refractivity contribution in [2.75, 3.05) is 6.54 Å². The van der Waals surface area contributed by atoms with E-state index in [1.54, 1.807) is 17.9 Å². The first-order valence-electron chi connectivity index (χ1n) is 10.5. The van der Waals surface area contributed by atoms with Crippen LogP contribution in [0.2, 0.25) is 10.0 Å². The summed E-state index contributed by atoms with van der Waals surface area (Å²) in [7, 11) is 1.77. The standard InChI is InChI=1S/C23H17Cl2F3N6O/c1-32-10-14(9-29-32)17-12-33(11-13-4-2-3-5-16(13)17)22(35)20-21(23(26,27)28)34(31-30-20)19-7-6-15(24)8-18(19)25/h2-10,17H,11-12H2,1H3. The van der Waals surface area contributed by atoms with E-state index in [4.69, 9.17) is 23.2 Å². The lowest BCUT2D eigenvalue weighted by molar-refractivity contribution is -0.143. The largest absolute Gasteiger partial charge is 0.435 e. The van der Waals surface area contributed by atoms with Gasteiger partial charge in [-0.2, -0.15) is 18.3 Å². The molecule has 0 radical (unpaired) electrons. The normalized spacial score (nSPS) is 15.8. The Morgan fingerprint density at radius 1 is 1.14 bits per heavy atom. The fourth-order valence-electron chi connectivity index (χ4n) is 4.32. The predicted octanol–water partition coefficient (Wildman–Crippen LogP) is 5.11. The number of aromatic nitrogens is 5. The van der Waals surface area contributed by atoms with E-state index in [0.29, 0.717) is 4.68 Å². The summed E-state index contributed by atoms with van der Waals surface area (Å²) >= 11 is 12.0. The summed E-state index contributed by atoms with van der Waals surface area (Å²) in [6.07, 6.45) is -1.40. The summed E-state index contributed by atoms with van der Waals surface area (Å²) < 4.78 is 44.8. The van der Waals surface area contributed by atoms with Crippen LogP contribution in [0.4, 0.5) is 13.2 Å². The summed E-state index contributed by atoms with van der Waals surface area (Å²) in [6, 6.07) is 11.5. The van der Waals surface area contributed by atoms with Gasteiger partial charge in [0.1, 0.15) is 0 Å². The summed E-state index contributed by atoms with van der Waals surface area (Å²) in [5, 5.41) is 11.7. The number of hydrogen-bond acceptors (Lipinski definition) is 4. The highest BCUT2D eigenvalue weighted by atomic mass is 35.5. The molecule has 0 aliphatic carbocycles. The zero-order valence-electron chi connectivity index (χ0n) is 18.2. The monoisotopic (exact) mass is 520 g/mol. The van der Waals surface area contributed by atoms with Crippen molar-refractivity contribution >= 4 is 29.1 Å². The van der Waals surface area contributed by atoms with Crippen LogP contribution in [0.15, 0.2) is 54.9 Å². The topological polar surface area (TPSA) is 68.8 Å². The first kappa shape index (κ1) is 23.4. The van der Waals surface area contributed by atoms with Crippen molar-refractivity contribution in [3.05, 3.63) is 93.0 Å². The Morgan fingerprint density at radius 2 is 1.91 bits per heavy atom. The maximum atomic E-state index is 14.2. The molecule has 4 aromatic rings. The number of carbonyl (C=O) groups is 1. The minimum atomic E-state index is -4.92. The molecule has 35 heavy (non-hydrogen) atoms. The SMILES string of the molecule is Cn1cc(C2CN(C(=O)c3nnn(-c4ccc(Cl)cc4Cl)c3C(F)(F)F)Cc3ccccc32)cn1. The van der Waals surface area contributed by atoms with Crippen LogP contribution in [0.1, 0.15) is 38.8 Å². The Balaban J connectivity index is 1.57. The number of amides is 1. The number of halogens is 5. The lowest BCUT2D eigenvalue weighted by Gasteiger charge is -2.34. The predicted molar refractivity (Wildman–Crippen MR) is 123 cm³/mol. The van der Waals surface area contributed by atoms with Gasteiger partial charge in [-0.3, -0.25) is 9.48 Å². The molecule has 1 unspecified atom stereocenters. The van der Waals surface area contributed by atoms with Crippen LogP contribution in [-0.4, -0.2) is 42.1 Å². The van der Waals surface area contributed by atoms with Gasteiger partial charge in [0.25, 0.3) is 5.91 Å². The average molecular weight is 521 g/mol. The van der Waals surface area contributed by atoms with E-state index in [1.165, 1.54) is 23.1 Å². The second kappa shape index (κ2) is 8.69. The molecule has 2 aromatic carbocycles. The molecule has 1 amide bonds. The Hall–Kier alpha value is -3.37. The lowest BCUT2D eigenvalue weighted by atomic mass is 9.86. The summed E-state index contributed by atoms with van der Waals surface area (Å²) in [5.41, 5.74) is 0.494. The molecule has 5 rings (SSSR count). The van der Waals surface area contributed by atoms with E-state index in [-0.39, 0.29) is 34.7 Å². The van der Waals surface area contributed by atoms with Crippen LogP contribution < -0.4 is 0 Å². The van der Waals surface area contributed by atoms with Crippen molar-refractivity contribution < 1.29 is 18.0 Å². The van der Waals surface area contributed by atoms with Crippen molar-refractivity contribution in [1.82, 2.24) is 29.7 Å². The average Bonchev–Trinajstić information content (AvgIpc) is 3.44. The molecular formula is C23H17Cl2F3N6O. The molecule has 1 aliphatic rings. The van der Waals surface area contributed by atoms with Crippen LogP contribution in [0.5, 0.6) is 0 Å². The minimum absolute atomic E-state index is 0.0598. The number of fused-ring (bicyclic) bond motifs is 1. The molecule has 2 aromatic heterocycles. The van der Waals surface area contributed by atoms with Crippen molar-refractivity contribution in [2.45, 2.75) is 18.6 Å². The second-order valence-corrected chi connectivity index (χ2v) is 9.02. The number of nitrogens with zero attached hydrogens (tertiary/aromatic N) is 6. The van der Waals surface area contributed by atoms with Crippen LogP contribution in [0, 0.1) is 0 Å².